The number of hydrogen-bond donors (Lipinski definition) is 1. The Labute approximate surface area is 123 Å². The van der Waals surface area contributed by atoms with Gasteiger partial charge in [0.15, 0.2) is 5.01 Å². The molecule has 2 nitrogen and oxygen atoms in total. The molecule has 2 rings (SSSR count). The van der Waals surface area contributed by atoms with E-state index in [-0.39, 0.29) is 0 Å². The maximum atomic E-state index is 13.4. The Balaban J connectivity index is 2.33. The van der Waals surface area contributed by atoms with Gasteiger partial charge in [-0.05, 0) is 30.7 Å². The van der Waals surface area contributed by atoms with Gasteiger partial charge in [0.05, 0.1) is 4.88 Å². The zero-order chi connectivity index (χ0) is 15.5. The molecule has 0 fully saturated rings. The summed E-state index contributed by atoms with van der Waals surface area (Å²) in [6.07, 6.45) is -2.39. The number of alkyl halides is 3. The number of nitrogens with zero attached hydrogens (tertiary/aromatic N) is 1. The molecule has 0 radical (unpaired) electrons. The predicted octanol–water partition coefficient (Wildman–Crippen LogP) is 4.47. The first-order chi connectivity index (χ1) is 9.91. The van der Waals surface area contributed by atoms with E-state index >= 15 is 0 Å². The molecular formula is C14H14F4N2S. The first-order valence-electron chi connectivity index (χ1n) is 6.44. The summed E-state index contributed by atoms with van der Waals surface area (Å²) < 4.78 is 51.2. The molecule has 21 heavy (non-hydrogen) atoms. The largest absolute Gasteiger partial charge is 0.443 e. The maximum absolute atomic E-state index is 13.4. The van der Waals surface area contributed by atoms with Crippen LogP contribution in [0.1, 0.15) is 23.9 Å². The van der Waals surface area contributed by atoms with Crippen molar-refractivity contribution in [1.82, 2.24) is 10.3 Å². The molecule has 0 atom stereocenters. The van der Waals surface area contributed by atoms with E-state index < -0.39 is 17.0 Å². The lowest BCUT2D eigenvalue weighted by Crippen LogP contribution is -2.14. The summed E-state index contributed by atoms with van der Waals surface area (Å²) in [6.45, 7) is 3.27. The van der Waals surface area contributed by atoms with Gasteiger partial charge in [-0.3, -0.25) is 0 Å². The van der Waals surface area contributed by atoms with Gasteiger partial charge in [0.25, 0.3) is 0 Å². The van der Waals surface area contributed by atoms with Gasteiger partial charge >= 0.3 is 6.18 Å². The number of aromatic nitrogens is 1. The molecule has 0 amide bonds. The first kappa shape index (κ1) is 15.9. The van der Waals surface area contributed by atoms with Crippen LogP contribution in [0.4, 0.5) is 17.6 Å². The summed E-state index contributed by atoms with van der Waals surface area (Å²) in [5.41, 5.74) is 1.20. The van der Waals surface area contributed by atoms with E-state index in [2.05, 4.69) is 10.3 Å². The Morgan fingerprint density at radius 1 is 1.29 bits per heavy atom. The molecule has 0 unspecified atom stereocenters. The highest BCUT2D eigenvalue weighted by molar-refractivity contribution is 7.15. The summed E-state index contributed by atoms with van der Waals surface area (Å²) in [7, 11) is 0. The molecule has 0 saturated carbocycles. The molecule has 1 N–H and O–H groups in total. The highest BCUT2D eigenvalue weighted by Crippen LogP contribution is 2.37. The maximum Gasteiger partial charge on any atom is 0.443 e. The van der Waals surface area contributed by atoms with E-state index in [1.165, 1.54) is 12.1 Å². The molecular weight excluding hydrogens is 304 g/mol. The van der Waals surface area contributed by atoms with Crippen molar-refractivity contribution >= 4 is 11.3 Å². The number of thiazole rings is 1. The van der Waals surface area contributed by atoms with Crippen LogP contribution in [-0.4, -0.2) is 11.5 Å². The van der Waals surface area contributed by atoms with Crippen LogP contribution in [0.15, 0.2) is 24.4 Å². The van der Waals surface area contributed by atoms with Crippen LogP contribution in [-0.2, 0) is 12.7 Å². The monoisotopic (exact) mass is 318 g/mol. The molecule has 0 aliphatic heterocycles. The second-order valence-corrected chi connectivity index (χ2v) is 5.54. The van der Waals surface area contributed by atoms with Gasteiger partial charge in [-0.2, -0.15) is 13.2 Å². The fourth-order valence-electron chi connectivity index (χ4n) is 1.86. The summed E-state index contributed by atoms with van der Waals surface area (Å²) in [5, 5.41) is 2.24. The molecule has 2 aromatic rings. The zero-order valence-electron chi connectivity index (χ0n) is 11.3. The van der Waals surface area contributed by atoms with E-state index in [1.807, 2.05) is 6.92 Å². The van der Waals surface area contributed by atoms with Crippen LogP contribution in [0.3, 0.4) is 0 Å². The number of rotatable bonds is 5. The van der Waals surface area contributed by atoms with Crippen molar-refractivity contribution < 1.29 is 17.6 Å². The fourth-order valence-corrected chi connectivity index (χ4v) is 2.70. The zero-order valence-corrected chi connectivity index (χ0v) is 12.1. The second kappa shape index (κ2) is 6.53. The SMILES string of the molecule is CCCNCc1ccc(F)cc1-c1cnc(C(F)(F)F)s1. The smallest absolute Gasteiger partial charge is 0.313 e. The third-order valence-corrected chi connectivity index (χ3v) is 3.90. The van der Waals surface area contributed by atoms with Gasteiger partial charge in [0.2, 0.25) is 0 Å². The van der Waals surface area contributed by atoms with Crippen LogP contribution in [0.5, 0.6) is 0 Å². The highest BCUT2D eigenvalue weighted by Gasteiger charge is 2.34. The standard InChI is InChI=1S/C14H14F4N2S/c1-2-5-19-7-9-3-4-10(15)6-11(9)12-8-20-13(21-12)14(16,17)18/h3-4,6,8,19H,2,5,7H2,1H3. The van der Waals surface area contributed by atoms with Gasteiger partial charge in [0, 0.05) is 18.3 Å². The molecule has 0 aliphatic rings. The summed E-state index contributed by atoms with van der Waals surface area (Å²) in [4.78, 5) is 3.70. The van der Waals surface area contributed by atoms with Crippen LogP contribution in [0, 0.1) is 5.82 Å². The third kappa shape index (κ3) is 4.01. The summed E-state index contributed by atoms with van der Waals surface area (Å²) in [5.74, 6) is -0.480. The molecule has 7 heteroatoms. The van der Waals surface area contributed by atoms with E-state index in [9.17, 15) is 17.6 Å². The Hall–Kier alpha value is -1.47. The van der Waals surface area contributed by atoms with E-state index in [1.54, 1.807) is 6.07 Å². The molecule has 114 valence electrons. The van der Waals surface area contributed by atoms with Crippen molar-refractivity contribution in [2.24, 2.45) is 0 Å². The first-order valence-corrected chi connectivity index (χ1v) is 7.26. The topological polar surface area (TPSA) is 24.9 Å². The van der Waals surface area contributed by atoms with Gasteiger partial charge in [0.1, 0.15) is 5.82 Å². The lowest BCUT2D eigenvalue weighted by atomic mass is 10.1. The van der Waals surface area contributed by atoms with Crippen LogP contribution in [0.2, 0.25) is 0 Å². The number of halogens is 4. The van der Waals surface area contributed by atoms with Crippen LogP contribution in [0.25, 0.3) is 10.4 Å². The molecule has 0 bridgehead atoms. The highest BCUT2D eigenvalue weighted by atomic mass is 32.1. The molecule has 1 aromatic carbocycles. The summed E-state index contributed by atoms with van der Waals surface area (Å²) >= 11 is 0.524. The molecule has 0 spiro atoms. The Morgan fingerprint density at radius 2 is 2.05 bits per heavy atom. The van der Waals surface area contributed by atoms with Crippen molar-refractivity contribution in [3.8, 4) is 10.4 Å². The normalized spacial score (nSPS) is 11.9. The Morgan fingerprint density at radius 3 is 2.67 bits per heavy atom. The lowest BCUT2D eigenvalue weighted by Gasteiger charge is -2.09. The third-order valence-electron chi connectivity index (χ3n) is 2.83. The van der Waals surface area contributed by atoms with Gasteiger partial charge in [-0.1, -0.05) is 13.0 Å². The average Bonchev–Trinajstić information content (AvgIpc) is 2.90. The Bertz CT molecular complexity index is 607. The van der Waals surface area contributed by atoms with Crippen molar-refractivity contribution in [2.45, 2.75) is 26.1 Å². The van der Waals surface area contributed by atoms with E-state index in [0.717, 1.165) is 24.7 Å². The van der Waals surface area contributed by atoms with E-state index in [0.29, 0.717) is 28.3 Å². The number of benzene rings is 1. The second-order valence-electron chi connectivity index (χ2n) is 4.51. The number of hydrogen-bond acceptors (Lipinski definition) is 3. The average molecular weight is 318 g/mol. The lowest BCUT2D eigenvalue weighted by molar-refractivity contribution is -0.137. The van der Waals surface area contributed by atoms with Crippen molar-refractivity contribution in [3.05, 3.63) is 40.8 Å². The molecule has 1 heterocycles. The minimum Gasteiger partial charge on any atom is -0.313 e. The Kier molecular flexibility index (Phi) is 4.95. The molecule has 1 aromatic heterocycles. The molecule has 0 aliphatic carbocycles. The fraction of sp³-hybridized carbons (Fsp3) is 0.357. The van der Waals surface area contributed by atoms with Crippen molar-refractivity contribution in [1.29, 1.82) is 0 Å². The van der Waals surface area contributed by atoms with Crippen LogP contribution < -0.4 is 5.32 Å². The van der Waals surface area contributed by atoms with E-state index in [4.69, 9.17) is 0 Å². The van der Waals surface area contributed by atoms with Crippen molar-refractivity contribution in [2.75, 3.05) is 6.54 Å². The van der Waals surface area contributed by atoms with Gasteiger partial charge in [-0.25, -0.2) is 9.37 Å². The van der Waals surface area contributed by atoms with Crippen molar-refractivity contribution in [3.63, 3.8) is 0 Å². The van der Waals surface area contributed by atoms with Gasteiger partial charge in [-0.15, -0.1) is 11.3 Å². The summed E-state index contributed by atoms with van der Waals surface area (Å²) in [6, 6.07) is 4.13. The van der Waals surface area contributed by atoms with Crippen LogP contribution >= 0.6 is 11.3 Å². The quantitative estimate of drug-likeness (QED) is 0.650. The van der Waals surface area contributed by atoms with Gasteiger partial charge < -0.3 is 5.32 Å². The minimum atomic E-state index is -4.48. The predicted molar refractivity (Wildman–Crippen MR) is 74.5 cm³/mol. The minimum absolute atomic E-state index is 0.315. The number of nitrogens with one attached hydrogen (secondary N) is 1. The molecule has 0 saturated heterocycles.